The Morgan fingerprint density at radius 3 is 2.50 bits per heavy atom. The molecule has 2 amide bonds. The minimum atomic E-state index is -1.09. The summed E-state index contributed by atoms with van der Waals surface area (Å²) in [5.74, 6) is -2.29. The number of ether oxygens (including phenoxy) is 1. The Balaban J connectivity index is 1.50. The summed E-state index contributed by atoms with van der Waals surface area (Å²) in [7, 11) is 0. The van der Waals surface area contributed by atoms with Crippen molar-refractivity contribution in [2.24, 2.45) is 0 Å². The molecule has 1 aliphatic carbocycles. The summed E-state index contributed by atoms with van der Waals surface area (Å²) in [4.78, 5) is 24.5. The molecule has 130 valence electrons. The van der Waals surface area contributed by atoms with Gasteiger partial charge in [0.05, 0.1) is 13.2 Å². The highest BCUT2D eigenvalue weighted by Gasteiger charge is 2.35. The van der Waals surface area contributed by atoms with Gasteiger partial charge < -0.3 is 20.1 Å². The number of nitrogens with one attached hydrogen (secondary N) is 1. The first kappa shape index (κ1) is 16.6. The molecule has 0 radical (unpaired) electrons. The van der Waals surface area contributed by atoms with Gasteiger partial charge in [0.15, 0.2) is 6.10 Å². The van der Waals surface area contributed by atoms with Gasteiger partial charge in [-0.1, -0.05) is 0 Å². The van der Waals surface area contributed by atoms with Gasteiger partial charge >= 0.3 is 12.0 Å². The molecule has 6 nitrogen and oxygen atoms in total. The van der Waals surface area contributed by atoms with E-state index in [-0.39, 0.29) is 31.1 Å². The number of morpholine rings is 1. The number of hydrogen-bond donors (Lipinski definition) is 2. The lowest BCUT2D eigenvalue weighted by atomic mass is 9.76. The molecule has 1 unspecified atom stereocenters. The average Bonchev–Trinajstić information content (AvgIpc) is 2.49. The molecule has 8 heteroatoms. The van der Waals surface area contributed by atoms with Crippen LogP contribution in [-0.2, 0) is 9.53 Å². The van der Waals surface area contributed by atoms with Crippen molar-refractivity contribution in [2.75, 3.05) is 19.7 Å². The zero-order valence-corrected chi connectivity index (χ0v) is 12.9. The lowest BCUT2D eigenvalue weighted by molar-refractivity contribution is -0.154. The zero-order chi connectivity index (χ0) is 17.3. The molecule has 24 heavy (non-hydrogen) atoms. The van der Waals surface area contributed by atoms with E-state index in [1.165, 1.54) is 17.0 Å². The largest absolute Gasteiger partial charge is 0.479 e. The number of nitrogens with zero attached hydrogens (tertiary/aromatic N) is 1. The zero-order valence-electron chi connectivity index (χ0n) is 12.9. The quantitative estimate of drug-likeness (QED) is 0.878. The lowest BCUT2D eigenvalue weighted by Crippen LogP contribution is -2.55. The summed E-state index contributed by atoms with van der Waals surface area (Å²) in [6.07, 6.45) is 0.191. The van der Waals surface area contributed by atoms with Crippen LogP contribution < -0.4 is 5.32 Å². The molecule has 0 bridgehead atoms. The maximum atomic E-state index is 13.2. The fourth-order valence-corrected chi connectivity index (χ4v) is 3.07. The predicted molar refractivity (Wildman–Crippen MR) is 79.6 cm³/mol. The van der Waals surface area contributed by atoms with Gasteiger partial charge in [-0.2, -0.15) is 0 Å². The van der Waals surface area contributed by atoms with Gasteiger partial charge in [-0.15, -0.1) is 0 Å². The standard InChI is InChI=1S/C16H18F2N2O4/c17-11-3-9(4-12(18)7-11)10-5-13(6-10)19-16(23)20-1-2-24-14(8-20)15(21)22/h3-4,7,10,13-14H,1-2,5-6,8H2,(H,19,23)(H,21,22). The van der Waals surface area contributed by atoms with Gasteiger partial charge in [0.25, 0.3) is 0 Å². The molecule has 1 aromatic carbocycles. The topological polar surface area (TPSA) is 78.9 Å². The number of aliphatic carboxylic acids is 1. The normalized spacial score (nSPS) is 26.6. The van der Waals surface area contributed by atoms with Gasteiger partial charge in [-0.25, -0.2) is 18.4 Å². The van der Waals surface area contributed by atoms with Gasteiger partial charge in [-0.05, 0) is 36.5 Å². The van der Waals surface area contributed by atoms with Gasteiger partial charge in [0, 0.05) is 18.7 Å². The molecule has 2 N–H and O–H groups in total. The van der Waals surface area contributed by atoms with E-state index in [2.05, 4.69) is 5.32 Å². The number of amides is 2. The van der Waals surface area contributed by atoms with Gasteiger partial charge in [0.2, 0.25) is 0 Å². The number of carboxylic acids is 1. The Hall–Kier alpha value is -2.22. The molecule has 1 saturated carbocycles. The number of benzene rings is 1. The Morgan fingerprint density at radius 2 is 1.88 bits per heavy atom. The summed E-state index contributed by atoms with van der Waals surface area (Å²) < 4.78 is 31.5. The van der Waals surface area contributed by atoms with Crippen LogP contribution in [0.1, 0.15) is 24.3 Å². The van der Waals surface area contributed by atoms with Crippen molar-refractivity contribution in [1.29, 1.82) is 0 Å². The van der Waals surface area contributed by atoms with E-state index >= 15 is 0 Å². The van der Waals surface area contributed by atoms with E-state index in [1.807, 2.05) is 0 Å². The maximum Gasteiger partial charge on any atom is 0.334 e. The third-order valence-corrected chi connectivity index (χ3v) is 4.45. The molecule has 2 aliphatic rings. The molecule has 1 saturated heterocycles. The molecule has 2 fully saturated rings. The van der Waals surface area contributed by atoms with Crippen LogP contribution in [0.3, 0.4) is 0 Å². The summed E-state index contributed by atoms with van der Waals surface area (Å²) >= 11 is 0. The average molecular weight is 340 g/mol. The van der Waals surface area contributed by atoms with Gasteiger partial charge in [-0.3, -0.25) is 0 Å². The fourth-order valence-electron chi connectivity index (χ4n) is 3.07. The second-order valence-corrected chi connectivity index (χ2v) is 6.16. The Morgan fingerprint density at radius 1 is 1.21 bits per heavy atom. The van der Waals surface area contributed by atoms with Crippen LogP contribution in [0.2, 0.25) is 0 Å². The van der Waals surface area contributed by atoms with Crippen LogP contribution in [0.15, 0.2) is 18.2 Å². The number of carbonyl (C=O) groups excluding carboxylic acids is 1. The Kier molecular flexibility index (Phi) is 4.66. The van der Waals surface area contributed by atoms with Crippen molar-refractivity contribution in [2.45, 2.75) is 30.9 Å². The second-order valence-electron chi connectivity index (χ2n) is 6.16. The number of hydrogen-bond acceptors (Lipinski definition) is 3. The van der Waals surface area contributed by atoms with Crippen LogP contribution in [0.5, 0.6) is 0 Å². The van der Waals surface area contributed by atoms with Crippen molar-refractivity contribution >= 4 is 12.0 Å². The van der Waals surface area contributed by atoms with Crippen LogP contribution >= 0.6 is 0 Å². The predicted octanol–water partition coefficient (Wildman–Crippen LogP) is 1.71. The van der Waals surface area contributed by atoms with Crippen LogP contribution in [0.25, 0.3) is 0 Å². The summed E-state index contributed by atoms with van der Waals surface area (Å²) in [6, 6.07) is 3.04. The molecule has 0 spiro atoms. The minimum absolute atomic E-state index is 0.00637. The van der Waals surface area contributed by atoms with Crippen molar-refractivity contribution in [3.8, 4) is 0 Å². The highest BCUT2D eigenvalue weighted by Crippen LogP contribution is 2.37. The monoisotopic (exact) mass is 340 g/mol. The summed E-state index contributed by atoms with van der Waals surface area (Å²) in [5, 5.41) is 11.8. The first-order chi connectivity index (χ1) is 11.4. The van der Waals surface area contributed by atoms with Crippen molar-refractivity contribution in [1.82, 2.24) is 10.2 Å². The van der Waals surface area contributed by atoms with Crippen molar-refractivity contribution < 1.29 is 28.2 Å². The molecule has 1 aliphatic heterocycles. The highest BCUT2D eigenvalue weighted by atomic mass is 19.1. The van der Waals surface area contributed by atoms with Crippen molar-refractivity contribution in [3.05, 3.63) is 35.4 Å². The minimum Gasteiger partial charge on any atom is -0.479 e. The number of urea groups is 1. The maximum absolute atomic E-state index is 13.2. The first-order valence-corrected chi connectivity index (χ1v) is 7.78. The van der Waals surface area contributed by atoms with Crippen LogP contribution in [0, 0.1) is 11.6 Å². The van der Waals surface area contributed by atoms with Crippen LogP contribution in [-0.4, -0.2) is 53.8 Å². The smallest absolute Gasteiger partial charge is 0.334 e. The second kappa shape index (κ2) is 6.72. The molecule has 3 rings (SSSR count). The molecule has 1 aromatic rings. The third kappa shape index (κ3) is 3.64. The number of carbonyl (C=O) groups is 2. The molecular formula is C16H18F2N2O4. The van der Waals surface area contributed by atoms with Gasteiger partial charge in [0.1, 0.15) is 11.6 Å². The lowest BCUT2D eigenvalue weighted by Gasteiger charge is -2.38. The van der Waals surface area contributed by atoms with E-state index in [4.69, 9.17) is 9.84 Å². The Bertz CT molecular complexity index is 629. The summed E-state index contributed by atoms with van der Waals surface area (Å²) in [6.45, 7) is 0.521. The number of rotatable bonds is 3. The van der Waals surface area contributed by atoms with Crippen molar-refractivity contribution in [3.63, 3.8) is 0 Å². The number of carboxylic acid groups (broad SMARTS) is 1. The van der Waals surface area contributed by atoms with E-state index in [1.54, 1.807) is 0 Å². The van der Waals surface area contributed by atoms with E-state index < -0.39 is 23.7 Å². The fraction of sp³-hybridized carbons (Fsp3) is 0.500. The highest BCUT2D eigenvalue weighted by molar-refractivity contribution is 5.77. The van der Waals surface area contributed by atoms with E-state index in [0.29, 0.717) is 24.9 Å². The molecule has 0 aromatic heterocycles. The summed E-state index contributed by atoms with van der Waals surface area (Å²) in [5.41, 5.74) is 0.593. The molecule has 1 heterocycles. The molecular weight excluding hydrogens is 322 g/mol. The van der Waals surface area contributed by atoms with E-state index in [9.17, 15) is 18.4 Å². The first-order valence-electron chi connectivity index (χ1n) is 7.78. The number of halogens is 2. The third-order valence-electron chi connectivity index (χ3n) is 4.45. The van der Waals surface area contributed by atoms with Crippen LogP contribution in [0.4, 0.5) is 13.6 Å². The molecule has 1 atom stereocenters. The van der Waals surface area contributed by atoms with E-state index in [0.717, 1.165) is 6.07 Å². The Labute approximate surface area is 137 Å². The SMILES string of the molecule is O=C(O)C1CN(C(=O)NC2CC(c3cc(F)cc(F)c3)C2)CCO1.